The number of hydrogen-bond donors (Lipinski definition) is 0. The monoisotopic (exact) mass is 122 g/mol. The Kier molecular flexibility index (Phi) is 1.59. The van der Waals surface area contributed by atoms with Gasteiger partial charge in [-0.25, -0.2) is 0 Å². The predicted molar refractivity (Wildman–Crippen MR) is 36.8 cm³/mol. The number of rotatable bonds is 0. The summed E-state index contributed by atoms with van der Waals surface area (Å²) in [6.45, 7) is 0. The molecule has 2 radical (unpaired) electrons. The van der Waals surface area contributed by atoms with Crippen LogP contribution in [0, 0.1) is 0 Å². The first-order chi connectivity index (χ1) is 3.80. The van der Waals surface area contributed by atoms with E-state index in [4.69, 9.17) is 19.4 Å². The summed E-state index contributed by atoms with van der Waals surface area (Å²) in [5.74, 6) is 0. The molecule has 0 bridgehead atoms. The summed E-state index contributed by atoms with van der Waals surface area (Å²) >= 11 is 5.58. The minimum atomic E-state index is 0.618. The maximum Gasteiger partial charge on any atom is 0.115 e. The Labute approximate surface area is 54.9 Å². The van der Waals surface area contributed by atoms with Gasteiger partial charge in [0.25, 0.3) is 0 Å². The van der Waals surface area contributed by atoms with Crippen LogP contribution in [0.2, 0.25) is 5.02 Å². The standard InChI is InChI=1S/C6H4BCl/c7-5-3-1-2-4-6(5)8/h1-4H. The molecule has 1 aromatic carbocycles. The van der Waals surface area contributed by atoms with Crippen molar-refractivity contribution in [2.75, 3.05) is 0 Å². The molecule has 1 aromatic rings. The van der Waals surface area contributed by atoms with Crippen LogP contribution in [0.5, 0.6) is 0 Å². The van der Waals surface area contributed by atoms with E-state index in [9.17, 15) is 0 Å². The van der Waals surface area contributed by atoms with E-state index in [-0.39, 0.29) is 0 Å². The third-order valence-corrected chi connectivity index (χ3v) is 1.25. The Morgan fingerprint density at radius 3 is 2.25 bits per heavy atom. The molecule has 1 rings (SSSR count). The van der Waals surface area contributed by atoms with E-state index >= 15 is 0 Å². The van der Waals surface area contributed by atoms with Crippen molar-refractivity contribution in [1.82, 2.24) is 0 Å². The zero-order valence-corrected chi connectivity index (χ0v) is 5.02. The second-order valence-electron chi connectivity index (χ2n) is 1.52. The minimum absolute atomic E-state index is 0.618. The first kappa shape index (κ1) is 5.71. The Bertz CT molecular complexity index is 165. The van der Waals surface area contributed by atoms with Gasteiger partial charge in [0, 0.05) is 5.02 Å². The second-order valence-corrected chi connectivity index (χ2v) is 1.93. The minimum Gasteiger partial charge on any atom is -0.0850 e. The lowest BCUT2D eigenvalue weighted by Crippen LogP contribution is -2.00. The molecule has 2 heteroatoms. The molecule has 0 aromatic heterocycles. The lowest BCUT2D eigenvalue weighted by Gasteiger charge is -1.91. The maximum absolute atomic E-state index is 5.58. The van der Waals surface area contributed by atoms with Crippen molar-refractivity contribution in [3.8, 4) is 0 Å². The Morgan fingerprint density at radius 1 is 1.25 bits per heavy atom. The van der Waals surface area contributed by atoms with Crippen LogP contribution < -0.4 is 5.46 Å². The van der Waals surface area contributed by atoms with Crippen LogP contribution >= 0.6 is 11.6 Å². The van der Waals surface area contributed by atoms with Crippen molar-refractivity contribution in [3.63, 3.8) is 0 Å². The van der Waals surface area contributed by atoms with Gasteiger partial charge < -0.3 is 0 Å². The normalized spacial score (nSPS) is 9.12. The van der Waals surface area contributed by atoms with Crippen LogP contribution in [0.3, 0.4) is 0 Å². The lowest BCUT2D eigenvalue weighted by molar-refractivity contribution is 1.77. The summed E-state index contributed by atoms with van der Waals surface area (Å²) < 4.78 is 0. The third kappa shape index (κ3) is 1.04. The fourth-order valence-electron chi connectivity index (χ4n) is 0.475. The van der Waals surface area contributed by atoms with E-state index in [1.165, 1.54) is 0 Å². The lowest BCUT2D eigenvalue weighted by atomic mass is 9.97. The van der Waals surface area contributed by atoms with E-state index in [0.29, 0.717) is 10.5 Å². The van der Waals surface area contributed by atoms with E-state index in [1.54, 1.807) is 12.1 Å². The van der Waals surface area contributed by atoms with Gasteiger partial charge in [-0.05, 0) is 6.07 Å². The van der Waals surface area contributed by atoms with Gasteiger partial charge >= 0.3 is 0 Å². The quantitative estimate of drug-likeness (QED) is 0.453. The van der Waals surface area contributed by atoms with Gasteiger partial charge in [-0.1, -0.05) is 35.3 Å². The molecule has 0 saturated carbocycles. The molecule has 0 atom stereocenters. The zero-order chi connectivity index (χ0) is 5.98. The highest BCUT2D eigenvalue weighted by Gasteiger charge is 1.86. The molecule has 38 valence electrons. The number of halogens is 1. The number of hydrogen-bond acceptors (Lipinski definition) is 0. The molecule has 0 aliphatic carbocycles. The molecule has 0 saturated heterocycles. The van der Waals surface area contributed by atoms with E-state index in [2.05, 4.69) is 0 Å². The van der Waals surface area contributed by atoms with Gasteiger partial charge in [-0.15, -0.1) is 0 Å². The molecule has 0 nitrogen and oxygen atoms in total. The Hall–Kier alpha value is -0.425. The molecule has 0 spiro atoms. The smallest absolute Gasteiger partial charge is 0.0850 e. The van der Waals surface area contributed by atoms with Crippen molar-refractivity contribution in [2.24, 2.45) is 0 Å². The van der Waals surface area contributed by atoms with Gasteiger partial charge in [0.05, 0.1) is 0 Å². The van der Waals surface area contributed by atoms with E-state index in [1.807, 2.05) is 12.1 Å². The SMILES string of the molecule is [B]c1ccccc1Cl. The van der Waals surface area contributed by atoms with Crippen molar-refractivity contribution < 1.29 is 0 Å². The van der Waals surface area contributed by atoms with E-state index in [0.717, 1.165) is 0 Å². The molecule has 0 aliphatic heterocycles. The highest BCUT2D eigenvalue weighted by molar-refractivity contribution is 6.44. The van der Waals surface area contributed by atoms with Gasteiger partial charge in [-0.2, -0.15) is 0 Å². The van der Waals surface area contributed by atoms with Gasteiger partial charge in [0.15, 0.2) is 0 Å². The molecule has 0 heterocycles. The second kappa shape index (κ2) is 2.23. The third-order valence-electron chi connectivity index (χ3n) is 0.905. The molecule has 0 amide bonds. The number of benzene rings is 1. The summed E-state index contributed by atoms with van der Waals surface area (Å²) in [5.41, 5.74) is 0.633. The largest absolute Gasteiger partial charge is 0.115 e. The van der Waals surface area contributed by atoms with Crippen LogP contribution in [0.4, 0.5) is 0 Å². The molecule has 0 N–H and O–H groups in total. The summed E-state index contributed by atoms with van der Waals surface area (Å²) in [5, 5.41) is 0.618. The Morgan fingerprint density at radius 2 is 1.88 bits per heavy atom. The predicted octanol–water partition coefficient (Wildman–Crippen LogP) is 1.13. The molecule has 0 aliphatic rings. The average Bonchev–Trinajstić information content (AvgIpc) is 1.77. The summed E-state index contributed by atoms with van der Waals surface area (Å²) in [7, 11) is 5.39. The van der Waals surface area contributed by atoms with Gasteiger partial charge in [0.1, 0.15) is 7.85 Å². The molecular weight excluding hydrogens is 118 g/mol. The summed E-state index contributed by atoms with van der Waals surface area (Å²) in [6, 6.07) is 7.22. The van der Waals surface area contributed by atoms with Crippen molar-refractivity contribution in [3.05, 3.63) is 29.3 Å². The molecule has 0 fully saturated rings. The zero-order valence-electron chi connectivity index (χ0n) is 4.26. The summed E-state index contributed by atoms with van der Waals surface area (Å²) in [4.78, 5) is 0. The molecular formula is C6H4BCl. The molecule has 0 unspecified atom stereocenters. The topological polar surface area (TPSA) is 0 Å². The van der Waals surface area contributed by atoms with Crippen LogP contribution in [0.15, 0.2) is 24.3 Å². The van der Waals surface area contributed by atoms with Gasteiger partial charge in [0.2, 0.25) is 0 Å². The van der Waals surface area contributed by atoms with Crippen LogP contribution in [-0.4, -0.2) is 7.85 Å². The van der Waals surface area contributed by atoms with Crippen LogP contribution in [-0.2, 0) is 0 Å². The fourth-order valence-corrected chi connectivity index (χ4v) is 0.611. The summed E-state index contributed by atoms with van der Waals surface area (Å²) in [6.07, 6.45) is 0. The maximum atomic E-state index is 5.58. The van der Waals surface area contributed by atoms with Crippen LogP contribution in [0.25, 0.3) is 0 Å². The first-order valence-electron chi connectivity index (χ1n) is 2.31. The highest BCUT2D eigenvalue weighted by atomic mass is 35.5. The van der Waals surface area contributed by atoms with Gasteiger partial charge in [-0.3, -0.25) is 0 Å². The fraction of sp³-hybridized carbons (Fsp3) is 0. The molecule has 8 heavy (non-hydrogen) atoms. The Balaban J connectivity index is 3.13. The van der Waals surface area contributed by atoms with Crippen molar-refractivity contribution in [1.29, 1.82) is 0 Å². The van der Waals surface area contributed by atoms with Crippen molar-refractivity contribution in [2.45, 2.75) is 0 Å². The van der Waals surface area contributed by atoms with E-state index < -0.39 is 0 Å². The van der Waals surface area contributed by atoms with Crippen molar-refractivity contribution >= 4 is 24.9 Å². The average molecular weight is 122 g/mol. The van der Waals surface area contributed by atoms with Crippen LogP contribution in [0.1, 0.15) is 0 Å². The first-order valence-corrected chi connectivity index (χ1v) is 2.68. The highest BCUT2D eigenvalue weighted by Crippen LogP contribution is 2.00.